The molecule has 0 radical (unpaired) electrons. The molecule has 21 heavy (non-hydrogen) atoms. The molecular formula is C16H28NO3P. The van der Waals surface area contributed by atoms with Crippen molar-refractivity contribution < 1.29 is 13.6 Å². The Kier molecular flexibility index (Phi) is 6.18. The van der Waals surface area contributed by atoms with E-state index in [-0.39, 0.29) is 0 Å². The molecule has 1 atom stereocenters. The summed E-state index contributed by atoms with van der Waals surface area (Å²) in [6.45, 7) is 14.5. The molecule has 0 spiro atoms. The van der Waals surface area contributed by atoms with Crippen LogP contribution in [0.15, 0.2) is 0 Å². The zero-order chi connectivity index (χ0) is 16.4. The molecule has 120 valence electrons. The highest BCUT2D eigenvalue weighted by Gasteiger charge is 2.36. The van der Waals surface area contributed by atoms with E-state index in [1.54, 1.807) is 13.8 Å². The van der Waals surface area contributed by atoms with Gasteiger partial charge >= 0.3 is 7.60 Å². The zero-order valence-corrected chi connectivity index (χ0v) is 15.1. The number of benzene rings is 1. The van der Waals surface area contributed by atoms with E-state index in [0.29, 0.717) is 13.2 Å². The minimum Gasteiger partial charge on any atom is -0.314 e. The van der Waals surface area contributed by atoms with Gasteiger partial charge in [0.05, 0.1) is 13.2 Å². The van der Waals surface area contributed by atoms with Crippen LogP contribution >= 0.6 is 7.60 Å². The predicted molar refractivity (Wildman–Crippen MR) is 87.9 cm³/mol. The third-order valence-corrected chi connectivity index (χ3v) is 6.49. The minimum absolute atomic E-state index is 0.312. The first-order chi connectivity index (χ1) is 9.71. The molecule has 1 aromatic carbocycles. The van der Waals surface area contributed by atoms with Gasteiger partial charge in [-0.3, -0.25) is 4.57 Å². The van der Waals surface area contributed by atoms with Crippen LogP contribution in [0.4, 0.5) is 0 Å². The molecule has 0 bridgehead atoms. The average Bonchev–Trinajstić information content (AvgIpc) is 2.43. The molecule has 5 heteroatoms. The number of rotatable bonds is 6. The maximum Gasteiger partial charge on any atom is 0.351 e. The molecule has 1 aromatic rings. The molecule has 0 aliphatic rings. The van der Waals surface area contributed by atoms with Gasteiger partial charge in [-0.15, -0.1) is 0 Å². The Morgan fingerprint density at radius 3 is 1.52 bits per heavy atom. The molecule has 1 rings (SSSR count). The van der Waals surface area contributed by atoms with Gasteiger partial charge in [-0.05, 0) is 81.8 Å². The standard InChI is InChI=1S/C16H28NO3P/c1-8-19-21(18,20-9-2)16(17)15-13(6)11(4)10(3)12(5)14(15)7/h16H,8-9,17H2,1-7H3/t16-/m0/s1. The van der Waals surface area contributed by atoms with Gasteiger partial charge in [0.25, 0.3) is 0 Å². The predicted octanol–water partition coefficient (Wildman–Crippen LogP) is 4.45. The summed E-state index contributed by atoms with van der Waals surface area (Å²) in [4.78, 5) is 0. The van der Waals surface area contributed by atoms with E-state index in [4.69, 9.17) is 14.8 Å². The molecule has 2 N–H and O–H groups in total. The van der Waals surface area contributed by atoms with Gasteiger partial charge < -0.3 is 14.8 Å². The van der Waals surface area contributed by atoms with Crippen molar-refractivity contribution >= 4 is 7.60 Å². The van der Waals surface area contributed by atoms with E-state index in [1.807, 2.05) is 13.8 Å². The van der Waals surface area contributed by atoms with Crippen molar-refractivity contribution in [2.24, 2.45) is 5.73 Å². The van der Waals surface area contributed by atoms with Crippen molar-refractivity contribution in [3.63, 3.8) is 0 Å². The molecule has 0 heterocycles. The monoisotopic (exact) mass is 313 g/mol. The normalized spacial score (nSPS) is 13.5. The Morgan fingerprint density at radius 1 is 0.857 bits per heavy atom. The highest BCUT2D eigenvalue weighted by atomic mass is 31.2. The summed E-state index contributed by atoms with van der Waals surface area (Å²) >= 11 is 0. The van der Waals surface area contributed by atoms with Crippen molar-refractivity contribution in [2.75, 3.05) is 13.2 Å². The van der Waals surface area contributed by atoms with Gasteiger partial charge in [0, 0.05) is 0 Å². The van der Waals surface area contributed by atoms with Crippen molar-refractivity contribution in [3.8, 4) is 0 Å². The van der Waals surface area contributed by atoms with Gasteiger partial charge in [0.15, 0.2) is 0 Å². The Labute approximate surface area is 128 Å². The number of hydrogen-bond acceptors (Lipinski definition) is 4. The molecule has 4 nitrogen and oxygen atoms in total. The summed E-state index contributed by atoms with van der Waals surface area (Å²) in [6, 6.07) is 0. The Balaban J connectivity index is 3.49. The minimum atomic E-state index is -3.36. The Hall–Kier alpha value is -0.670. The van der Waals surface area contributed by atoms with Gasteiger partial charge in [0.1, 0.15) is 5.78 Å². The number of nitrogens with two attached hydrogens (primary N) is 1. The van der Waals surface area contributed by atoms with Gasteiger partial charge in [-0.2, -0.15) is 0 Å². The molecule has 0 saturated carbocycles. The van der Waals surface area contributed by atoms with Crippen LogP contribution in [-0.2, 0) is 13.6 Å². The van der Waals surface area contributed by atoms with Crippen LogP contribution in [0.1, 0.15) is 53.0 Å². The summed E-state index contributed by atoms with van der Waals surface area (Å²) in [5.41, 5.74) is 13.0. The van der Waals surface area contributed by atoms with Crippen LogP contribution in [0.2, 0.25) is 0 Å². The SMILES string of the molecule is CCOP(=O)(OCC)[C@H](N)c1c(C)c(C)c(C)c(C)c1C. The second-order valence-corrected chi connectivity index (χ2v) is 7.51. The zero-order valence-electron chi connectivity index (χ0n) is 14.2. The van der Waals surface area contributed by atoms with Crippen LogP contribution in [0.5, 0.6) is 0 Å². The fourth-order valence-corrected chi connectivity index (χ4v) is 4.51. The molecule has 0 saturated heterocycles. The van der Waals surface area contributed by atoms with E-state index in [1.165, 1.54) is 16.7 Å². The van der Waals surface area contributed by atoms with Crippen molar-refractivity contribution in [2.45, 2.75) is 54.2 Å². The Morgan fingerprint density at radius 2 is 1.19 bits per heavy atom. The summed E-state index contributed by atoms with van der Waals surface area (Å²) in [5, 5.41) is 0. The van der Waals surface area contributed by atoms with Crippen LogP contribution in [-0.4, -0.2) is 13.2 Å². The highest BCUT2D eigenvalue weighted by molar-refractivity contribution is 7.54. The van der Waals surface area contributed by atoms with Crippen LogP contribution in [0, 0.1) is 34.6 Å². The maximum atomic E-state index is 13.0. The van der Waals surface area contributed by atoms with Crippen molar-refractivity contribution in [1.29, 1.82) is 0 Å². The quantitative estimate of drug-likeness (QED) is 0.788. The first kappa shape index (κ1) is 18.4. The topological polar surface area (TPSA) is 61.5 Å². The molecular weight excluding hydrogens is 285 g/mol. The second kappa shape index (κ2) is 7.06. The van der Waals surface area contributed by atoms with E-state index < -0.39 is 13.4 Å². The first-order valence-corrected chi connectivity index (χ1v) is 9.03. The Bertz CT molecular complexity index is 530. The molecule has 0 fully saturated rings. The van der Waals surface area contributed by atoms with E-state index in [0.717, 1.165) is 16.7 Å². The molecule has 0 aliphatic heterocycles. The summed E-state index contributed by atoms with van der Waals surface area (Å²) < 4.78 is 23.8. The van der Waals surface area contributed by atoms with Crippen molar-refractivity contribution in [1.82, 2.24) is 0 Å². The van der Waals surface area contributed by atoms with E-state index in [2.05, 4.69) is 20.8 Å². The smallest absolute Gasteiger partial charge is 0.314 e. The van der Waals surface area contributed by atoms with Gasteiger partial charge in [-0.25, -0.2) is 0 Å². The van der Waals surface area contributed by atoms with Gasteiger partial charge in [-0.1, -0.05) is 0 Å². The largest absolute Gasteiger partial charge is 0.351 e. The fraction of sp³-hybridized carbons (Fsp3) is 0.625. The summed E-state index contributed by atoms with van der Waals surface area (Å²) in [6.07, 6.45) is 0. The van der Waals surface area contributed by atoms with E-state index in [9.17, 15) is 4.57 Å². The lowest BCUT2D eigenvalue weighted by molar-refractivity contribution is 0.212. The molecule has 0 aromatic heterocycles. The van der Waals surface area contributed by atoms with E-state index >= 15 is 0 Å². The fourth-order valence-electron chi connectivity index (χ4n) is 2.69. The first-order valence-electron chi connectivity index (χ1n) is 7.42. The molecule has 0 aliphatic carbocycles. The van der Waals surface area contributed by atoms with Crippen LogP contribution < -0.4 is 5.73 Å². The summed E-state index contributed by atoms with van der Waals surface area (Å²) in [5.74, 6) is -0.754. The summed E-state index contributed by atoms with van der Waals surface area (Å²) in [7, 11) is -3.36. The highest BCUT2D eigenvalue weighted by Crippen LogP contribution is 2.59. The lowest BCUT2D eigenvalue weighted by Crippen LogP contribution is -2.19. The molecule has 0 amide bonds. The van der Waals surface area contributed by atoms with Crippen molar-refractivity contribution in [3.05, 3.63) is 33.4 Å². The lowest BCUT2D eigenvalue weighted by Gasteiger charge is -2.28. The van der Waals surface area contributed by atoms with Gasteiger partial charge in [0.2, 0.25) is 0 Å². The van der Waals surface area contributed by atoms with Crippen LogP contribution in [0.3, 0.4) is 0 Å². The third kappa shape index (κ3) is 3.40. The maximum absolute atomic E-state index is 13.0. The average molecular weight is 313 g/mol. The molecule has 0 unspecified atom stereocenters. The second-order valence-electron chi connectivity index (χ2n) is 5.36. The third-order valence-electron chi connectivity index (χ3n) is 4.31. The number of hydrogen-bond donors (Lipinski definition) is 1. The lowest BCUT2D eigenvalue weighted by atomic mass is 9.89. The van der Waals surface area contributed by atoms with Crippen LogP contribution in [0.25, 0.3) is 0 Å².